The first-order valence-corrected chi connectivity index (χ1v) is 5.06. The molecule has 1 amide bonds. The Balaban J connectivity index is 2.71. The lowest BCUT2D eigenvalue weighted by Gasteiger charge is -2.17. The monoisotopic (exact) mass is 221 g/mol. The van der Waals surface area contributed by atoms with E-state index in [-0.39, 0.29) is 11.9 Å². The second kappa shape index (κ2) is 5.90. The van der Waals surface area contributed by atoms with Crippen molar-refractivity contribution in [1.29, 1.82) is 0 Å². The van der Waals surface area contributed by atoms with E-state index in [1.165, 1.54) is 13.8 Å². The van der Waals surface area contributed by atoms with E-state index in [0.717, 1.165) is 5.56 Å². The Bertz CT molecular complexity index is 362. The van der Waals surface area contributed by atoms with E-state index in [1.54, 1.807) is 0 Å². The first-order chi connectivity index (χ1) is 7.59. The number of carbonyl (C=O) groups excluding carboxylic acids is 2. The molecule has 0 aromatic heterocycles. The molecule has 0 heterocycles. The molecule has 0 aliphatic carbocycles. The number of carbonyl (C=O) groups is 2. The average molecular weight is 221 g/mol. The first kappa shape index (κ1) is 12.2. The van der Waals surface area contributed by atoms with Gasteiger partial charge in [-0.15, -0.1) is 0 Å². The van der Waals surface area contributed by atoms with E-state index in [4.69, 9.17) is 4.74 Å². The molecule has 4 heteroatoms. The highest BCUT2D eigenvalue weighted by Crippen LogP contribution is 2.16. The lowest BCUT2D eigenvalue weighted by Crippen LogP contribution is -2.28. The molecule has 86 valence electrons. The number of rotatable bonds is 4. The minimum atomic E-state index is -0.428. The molecule has 0 fully saturated rings. The van der Waals surface area contributed by atoms with E-state index in [0.29, 0.717) is 6.54 Å². The van der Waals surface area contributed by atoms with Crippen molar-refractivity contribution in [3.05, 3.63) is 35.9 Å². The summed E-state index contributed by atoms with van der Waals surface area (Å²) in [7, 11) is 0. The summed E-state index contributed by atoms with van der Waals surface area (Å²) in [4.78, 5) is 21.8. The third-order valence-electron chi connectivity index (χ3n) is 2.02. The summed E-state index contributed by atoms with van der Waals surface area (Å²) in [6, 6.07) is 9.32. The predicted molar refractivity (Wildman–Crippen MR) is 59.6 cm³/mol. The summed E-state index contributed by atoms with van der Waals surface area (Å²) in [6.07, 6.45) is -0.428. The molecule has 0 unspecified atom stereocenters. The lowest BCUT2D eigenvalue weighted by molar-refractivity contribution is -0.147. The molecule has 0 saturated carbocycles. The first-order valence-electron chi connectivity index (χ1n) is 5.06. The van der Waals surface area contributed by atoms with Crippen LogP contribution < -0.4 is 5.32 Å². The van der Waals surface area contributed by atoms with E-state index >= 15 is 0 Å². The smallest absolute Gasteiger partial charge is 0.303 e. The third kappa shape index (κ3) is 4.13. The second-order valence-electron chi connectivity index (χ2n) is 3.45. The van der Waals surface area contributed by atoms with Gasteiger partial charge in [0, 0.05) is 13.8 Å². The fourth-order valence-corrected chi connectivity index (χ4v) is 1.33. The molecule has 4 nitrogen and oxygen atoms in total. The maximum atomic E-state index is 10.9. The topological polar surface area (TPSA) is 55.4 Å². The van der Waals surface area contributed by atoms with Crippen LogP contribution in [-0.4, -0.2) is 18.4 Å². The molecule has 0 aliphatic rings. The van der Waals surface area contributed by atoms with Crippen molar-refractivity contribution < 1.29 is 14.3 Å². The minimum Gasteiger partial charge on any atom is -0.456 e. The fourth-order valence-electron chi connectivity index (χ4n) is 1.33. The van der Waals surface area contributed by atoms with Gasteiger partial charge in [0.2, 0.25) is 5.91 Å². The van der Waals surface area contributed by atoms with Crippen molar-refractivity contribution in [2.24, 2.45) is 0 Å². The predicted octanol–water partition coefficient (Wildman–Crippen LogP) is 1.43. The van der Waals surface area contributed by atoms with Gasteiger partial charge in [0.1, 0.15) is 6.10 Å². The van der Waals surface area contributed by atoms with Gasteiger partial charge in [-0.25, -0.2) is 0 Å². The van der Waals surface area contributed by atoms with E-state index in [9.17, 15) is 9.59 Å². The summed E-state index contributed by atoms with van der Waals surface area (Å²) in [5.41, 5.74) is 0.867. The Kier molecular flexibility index (Phi) is 4.51. The van der Waals surface area contributed by atoms with Gasteiger partial charge >= 0.3 is 5.97 Å². The number of amides is 1. The maximum Gasteiger partial charge on any atom is 0.303 e. The molecule has 1 N–H and O–H groups in total. The van der Waals surface area contributed by atoms with Crippen LogP contribution in [0.15, 0.2) is 30.3 Å². The maximum absolute atomic E-state index is 10.9. The Morgan fingerprint density at radius 3 is 2.38 bits per heavy atom. The quantitative estimate of drug-likeness (QED) is 0.782. The third-order valence-corrected chi connectivity index (χ3v) is 2.02. The molecule has 0 radical (unpaired) electrons. The van der Waals surface area contributed by atoms with Crippen molar-refractivity contribution >= 4 is 11.9 Å². The second-order valence-corrected chi connectivity index (χ2v) is 3.45. The van der Waals surface area contributed by atoms with Crippen LogP contribution >= 0.6 is 0 Å². The number of hydrogen-bond donors (Lipinski definition) is 1. The molecule has 1 aromatic rings. The number of hydrogen-bond acceptors (Lipinski definition) is 3. The molecule has 1 atom stereocenters. The number of esters is 1. The molecule has 16 heavy (non-hydrogen) atoms. The summed E-state index contributed by atoms with van der Waals surface area (Å²) >= 11 is 0. The van der Waals surface area contributed by atoms with E-state index in [1.807, 2.05) is 30.3 Å². The summed E-state index contributed by atoms with van der Waals surface area (Å²) < 4.78 is 5.13. The summed E-state index contributed by atoms with van der Waals surface area (Å²) in [5.74, 6) is -0.507. The van der Waals surface area contributed by atoms with Crippen LogP contribution in [0, 0.1) is 0 Å². The van der Waals surface area contributed by atoms with Gasteiger partial charge in [-0.2, -0.15) is 0 Å². The van der Waals surface area contributed by atoms with Crippen LogP contribution in [0.5, 0.6) is 0 Å². The van der Waals surface area contributed by atoms with Gasteiger partial charge in [-0.05, 0) is 5.56 Å². The Hall–Kier alpha value is -1.84. The van der Waals surface area contributed by atoms with Crippen molar-refractivity contribution in [3.8, 4) is 0 Å². The van der Waals surface area contributed by atoms with E-state index < -0.39 is 6.10 Å². The Morgan fingerprint density at radius 2 is 1.88 bits per heavy atom. The molecule has 0 saturated heterocycles. The highest BCUT2D eigenvalue weighted by Gasteiger charge is 2.14. The van der Waals surface area contributed by atoms with Crippen LogP contribution in [0.3, 0.4) is 0 Å². The Labute approximate surface area is 94.6 Å². The summed E-state index contributed by atoms with van der Waals surface area (Å²) in [5, 5.41) is 2.63. The van der Waals surface area contributed by atoms with Crippen LogP contribution in [0.1, 0.15) is 25.5 Å². The molecule has 1 aromatic carbocycles. The van der Waals surface area contributed by atoms with Gasteiger partial charge in [-0.3, -0.25) is 9.59 Å². The normalized spacial score (nSPS) is 11.6. The highest BCUT2D eigenvalue weighted by molar-refractivity contribution is 5.73. The van der Waals surface area contributed by atoms with Crippen molar-refractivity contribution in [2.75, 3.05) is 6.54 Å². The fraction of sp³-hybridized carbons (Fsp3) is 0.333. The average Bonchev–Trinajstić information content (AvgIpc) is 2.25. The summed E-state index contributed by atoms with van der Waals surface area (Å²) in [6.45, 7) is 3.07. The largest absolute Gasteiger partial charge is 0.456 e. The molecule has 0 aliphatic heterocycles. The van der Waals surface area contributed by atoms with Crippen molar-refractivity contribution in [1.82, 2.24) is 5.32 Å². The SMILES string of the molecule is CC(=O)NC[C@@H](OC(C)=O)c1ccccc1. The number of benzene rings is 1. The number of nitrogens with one attached hydrogen (secondary N) is 1. The zero-order chi connectivity index (χ0) is 12.0. The van der Waals surface area contributed by atoms with Crippen LogP contribution in [0.4, 0.5) is 0 Å². The van der Waals surface area contributed by atoms with Crippen LogP contribution in [0.25, 0.3) is 0 Å². The highest BCUT2D eigenvalue weighted by atomic mass is 16.5. The van der Waals surface area contributed by atoms with Gasteiger partial charge in [0.25, 0.3) is 0 Å². The van der Waals surface area contributed by atoms with E-state index in [2.05, 4.69) is 5.32 Å². The zero-order valence-electron chi connectivity index (χ0n) is 9.40. The molecule has 0 bridgehead atoms. The van der Waals surface area contributed by atoms with Gasteiger partial charge in [0.15, 0.2) is 0 Å². The van der Waals surface area contributed by atoms with Gasteiger partial charge < -0.3 is 10.1 Å². The molecular formula is C12H15NO3. The Morgan fingerprint density at radius 1 is 1.25 bits per heavy atom. The molecule has 0 spiro atoms. The molecular weight excluding hydrogens is 206 g/mol. The number of ether oxygens (including phenoxy) is 1. The standard InChI is InChI=1S/C12H15NO3/c1-9(14)13-8-12(16-10(2)15)11-6-4-3-5-7-11/h3-7,12H,8H2,1-2H3,(H,13,14)/t12-/m1/s1. The zero-order valence-corrected chi connectivity index (χ0v) is 9.40. The van der Waals surface area contributed by atoms with Crippen molar-refractivity contribution in [3.63, 3.8) is 0 Å². The van der Waals surface area contributed by atoms with Gasteiger partial charge in [0.05, 0.1) is 6.54 Å². The minimum absolute atomic E-state index is 0.145. The lowest BCUT2D eigenvalue weighted by atomic mass is 10.1. The van der Waals surface area contributed by atoms with Crippen LogP contribution in [-0.2, 0) is 14.3 Å². The van der Waals surface area contributed by atoms with Gasteiger partial charge in [-0.1, -0.05) is 30.3 Å². The van der Waals surface area contributed by atoms with Crippen molar-refractivity contribution in [2.45, 2.75) is 20.0 Å². The van der Waals surface area contributed by atoms with Crippen LogP contribution in [0.2, 0.25) is 0 Å². The molecule has 1 rings (SSSR count).